The molecule has 0 atom stereocenters. The molecule has 1 saturated carbocycles. The van der Waals surface area contributed by atoms with Crippen LogP contribution in [0.2, 0.25) is 0 Å². The van der Waals surface area contributed by atoms with Gasteiger partial charge in [0.2, 0.25) is 0 Å². The zero-order chi connectivity index (χ0) is 28.1. The van der Waals surface area contributed by atoms with Gasteiger partial charge in [-0.05, 0) is 80.5 Å². The normalized spacial score (nSPS) is 16.3. The molecule has 0 aliphatic heterocycles. The number of phenolic OH excluding ortho intramolecular Hbond substituents is 2. The van der Waals surface area contributed by atoms with Gasteiger partial charge in [0.1, 0.15) is 11.5 Å². The number of hydrogen-bond acceptors (Lipinski definition) is 2. The molecule has 0 heterocycles. The van der Waals surface area contributed by atoms with Crippen LogP contribution in [0.3, 0.4) is 0 Å². The lowest BCUT2D eigenvalue weighted by Crippen LogP contribution is -2.12. The average molecular weight is 611 g/mol. The monoisotopic (exact) mass is 610 g/mol. The van der Waals surface area contributed by atoms with Crippen LogP contribution in [0, 0.1) is 12.8 Å². The quantitative estimate of drug-likeness (QED) is 0.261. The van der Waals surface area contributed by atoms with Crippen LogP contribution >= 0.6 is 22.6 Å². The van der Waals surface area contributed by atoms with Crippen molar-refractivity contribution in [3.05, 3.63) is 64.7 Å². The molecule has 36 heavy (non-hydrogen) atoms. The molecule has 2 N–H and O–H groups in total. The highest BCUT2D eigenvalue weighted by molar-refractivity contribution is 14.1. The fraction of sp³-hybridized carbons (Fsp3) is 0.576. The van der Waals surface area contributed by atoms with Gasteiger partial charge in [-0.3, -0.25) is 0 Å². The van der Waals surface area contributed by atoms with Crippen molar-refractivity contribution in [2.75, 3.05) is 0 Å². The zero-order valence-corrected chi connectivity index (χ0v) is 27.0. The largest absolute Gasteiger partial charge is 0.508 e. The van der Waals surface area contributed by atoms with Gasteiger partial charge >= 0.3 is 0 Å². The molecular formula is C33H55IO2. The summed E-state index contributed by atoms with van der Waals surface area (Å²) in [5.74, 6) is 1.87. The van der Waals surface area contributed by atoms with Crippen LogP contribution < -0.4 is 0 Å². The molecule has 1 aliphatic rings. The lowest BCUT2D eigenvalue weighted by atomic mass is 9.84. The summed E-state index contributed by atoms with van der Waals surface area (Å²) in [6, 6.07) is 12.5. The van der Waals surface area contributed by atoms with Crippen molar-refractivity contribution in [2.45, 2.75) is 118 Å². The van der Waals surface area contributed by atoms with Crippen LogP contribution in [0.1, 0.15) is 123 Å². The minimum atomic E-state index is 0.131. The van der Waals surface area contributed by atoms with Gasteiger partial charge in [0.25, 0.3) is 0 Å². The molecule has 3 rings (SSSR count). The molecule has 2 aromatic rings. The Bertz CT molecular complexity index is 798. The Kier molecular flexibility index (Phi) is 23.1. The standard InChI is InChI=1S/C23H27IO2.C4H10.3C2H6/c1-16-22(25)15-12-20(23(16)26)5-3-2-4-17-6-8-18(9-7-17)19-10-13-21(24)14-11-19;1-4(2)3;3*1-2/h3,5-9,12,15,19,21,25-26H,2,4,10-11,13-14H2,1H3;4H,1-3H3;3*1-2H3/b5-3+;;;;. The van der Waals surface area contributed by atoms with Gasteiger partial charge in [0, 0.05) is 15.1 Å². The van der Waals surface area contributed by atoms with E-state index < -0.39 is 0 Å². The SMILES string of the molecule is CC.CC.CC.CC(C)C.Cc1c(O)ccc(/C=C/CCc2ccc(C3CCC(I)CC3)cc2)c1O. The highest BCUT2D eigenvalue weighted by Gasteiger charge is 2.20. The molecule has 0 radical (unpaired) electrons. The van der Waals surface area contributed by atoms with Crippen molar-refractivity contribution >= 4 is 28.7 Å². The van der Waals surface area contributed by atoms with Crippen molar-refractivity contribution in [1.29, 1.82) is 0 Å². The summed E-state index contributed by atoms with van der Waals surface area (Å²) in [5, 5.41) is 19.6. The molecule has 3 heteroatoms. The van der Waals surface area contributed by atoms with Crippen LogP contribution in [-0.2, 0) is 6.42 Å². The van der Waals surface area contributed by atoms with Crippen molar-refractivity contribution in [3.63, 3.8) is 0 Å². The second-order valence-electron chi connectivity index (χ2n) is 9.01. The van der Waals surface area contributed by atoms with E-state index in [9.17, 15) is 10.2 Å². The summed E-state index contributed by atoms with van der Waals surface area (Å²) < 4.78 is 0.867. The first kappa shape index (κ1) is 36.7. The Balaban J connectivity index is 0. The smallest absolute Gasteiger partial charge is 0.129 e. The third-order valence-corrected chi connectivity index (χ3v) is 6.68. The molecule has 2 aromatic carbocycles. The lowest BCUT2D eigenvalue weighted by Gasteiger charge is -2.25. The number of allylic oxidation sites excluding steroid dienone is 1. The zero-order valence-electron chi connectivity index (χ0n) is 24.9. The fourth-order valence-electron chi connectivity index (χ4n) is 3.65. The number of phenols is 2. The summed E-state index contributed by atoms with van der Waals surface area (Å²) in [7, 11) is 0. The van der Waals surface area contributed by atoms with E-state index in [1.54, 1.807) is 19.1 Å². The summed E-state index contributed by atoms with van der Waals surface area (Å²) in [4.78, 5) is 0. The predicted octanol–water partition coefficient (Wildman–Crippen LogP) is 11.3. The van der Waals surface area contributed by atoms with Crippen LogP contribution in [0.25, 0.3) is 6.08 Å². The lowest BCUT2D eigenvalue weighted by molar-refractivity contribution is 0.442. The first-order valence-electron chi connectivity index (χ1n) is 14.2. The van der Waals surface area contributed by atoms with E-state index >= 15 is 0 Å². The molecule has 1 aliphatic carbocycles. The average Bonchev–Trinajstić information content (AvgIpc) is 2.90. The van der Waals surface area contributed by atoms with Gasteiger partial charge < -0.3 is 10.2 Å². The minimum absolute atomic E-state index is 0.131. The Labute approximate surface area is 237 Å². The van der Waals surface area contributed by atoms with Crippen molar-refractivity contribution < 1.29 is 10.2 Å². The molecule has 0 bridgehead atoms. The van der Waals surface area contributed by atoms with E-state index in [1.807, 2.05) is 47.6 Å². The number of halogens is 1. The van der Waals surface area contributed by atoms with Crippen LogP contribution in [0.4, 0.5) is 0 Å². The molecule has 206 valence electrons. The second-order valence-corrected chi connectivity index (χ2v) is 10.8. The summed E-state index contributed by atoms with van der Waals surface area (Å²) in [6.07, 6.45) is 11.3. The van der Waals surface area contributed by atoms with Crippen LogP contribution in [0.15, 0.2) is 42.5 Å². The topological polar surface area (TPSA) is 40.5 Å². The first-order valence-corrected chi connectivity index (χ1v) is 15.4. The third kappa shape index (κ3) is 14.9. The number of alkyl halides is 1. The molecule has 0 spiro atoms. The van der Waals surface area contributed by atoms with E-state index in [2.05, 4.69) is 73.7 Å². The Morgan fingerprint density at radius 1 is 0.833 bits per heavy atom. The van der Waals surface area contributed by atoms with Crippen molar-refractivity contribution in [1.82, 2.24) is 0 Å². The summed E-state index contributed by atoms with van der Waals surface area (Å²) in [6.45, 7) is 20.2. The van der Waals surface area contributed by atoms with Gasteiger partial charge in [0.15, 0.2) is 0 Å². The number of aryl methyl sites for hydroxylation is 1. The molecule has 0 aromatic heterocycles. The van der Waals surface area contributed by atoms with Crippen LogP contribution in [0.5, 0.6) is 11.5 Å². The van der Waals surface area contributed by atoms with Crippen molar-refractivity contribution in [2.24, 2.45) is 5.92 Å². The number of hydrogen-bond donors (Lipinski definition) is 2. The number of rotatable bonds is 5. The molecular weight excluding hydrogens is 555 g/mol. The summed E-state index contributed by atoms with van der Waals surface area (Å²) in [5.41, 5.74) is 4.13. The Morgan fingerprint density at radius 2 is 1.33 bits per heavy atom. The van der Waals surface area contributed by atoms with E-state index in [4.69, 9.17) is 0 Å². The molecule has 0 saturated heterocycles. The maximum absolute atomic E-state index is 10.1. The maximum Gasteiger partial charge on any atom is 0.129 e. The Morgan fingerprint density at radius 3 is 1.83 bits per heavy atom. The highest BCUT2D eigenvalue weighted by Crippen LogP contribution is 2.36. The predicted molar refractivity (Wildman–Crippen MR) is 172 cm³/mol. The van der Waals surface area contributed by atoms with E-state index in [0.29, 0.717) is 5.56 Å². The van der Waals surface area contributed by atoms with E-state index in [0.717, 1.165) is 34.2 Å². The Hall–Kier alpha value is -1.49. The molecule has 0 amide bonds. The number of aromatic hydroxyl groups is 2. The van der Waals surface area contributed by atoms with Gasteiger partial charge in [-0.15, -0.1) is 0 Å². The van der Waals surface area contributed by atoms with Gasteiger partial charge in [-0.1, -0.05) is 121 Å². The van der Waals surface area contributed by atoms with Gasteiger partial charge in [-0.2, -0.15) is 0 Å². The van der Waals surface area contributed by atoms with Gasteiger partial charge in [-0.25, -0.2) is 0 Å². The third-order valence-electron chi connectivity index (χ3n) is 5.44. The van der Waals surface area contributed by atoms with E-state index in [-0.39, 0.29) is 11.5 Å². The van der Waals surface area contributed by atoms with Gasteiger partial charge in [0.05, 0.1) is 0 Å². The fourth-order valence-corrected chi connectivity index (χ4v) is 4.37. The first-order chi connectivity index (χ1) is 17.3. The molecule has 2 nitrogen and oxygen atoms in total. The summed E-state index contributed by atoms with van der Waals surface area (Å²) >= 11 is 2.59. The van der Waals surface area contributed by atoms with Crippen LogP contribution in [-0.4, -0.2) is 14.1 Å². The maximum atomic E-state index is 10.1. The highest BCUT2D eigenvalue weighted by atomic mass is 127. The number of benzene rings is 2. The van der Waals surface area contributed by atoms with Crippen molar-refractivity contribution in [3.8, 4) is 11.5 Å². The minimum Gasteiger partial charge on any atom is -0.508 e. The molecule has 0 unspecified atom stereocenters. The molecule has 1 fully saturated rings. The second kappa shape index (κ2) is 22.7. The van der Waals surface area contributed by atoms with E-state index in [1.165, 1.54) is 36.8 Å².